The van der Waals surface area contributed by atoms with Crippen molar-refractivity contribution < 1.29 is 14.3 Å². The van der Waals surface area contributed by atoms with E-state index >= 15 is 0 Å². The number of hydrazone groups is 1. The largest absolute Gasteiger partial charge is 0.483 e. The molecule has 158 valence electrons. The van der Waals surface area contributed by atoms with E-state index in [9.17, 15) is 9.59 Å². The van der Waals surface area contributed by atoms with Gasteiger partial charge >= 0.3 is 0 Å². The molecule has 2 N–H and O–H groups in total. The van der Waals surface area contributed by atoms with E-state index in [-0.39, 0.29) is 18.4 Å². The molecule has 0 saturated heterocycles. The number of ether oxygens (including phenoxy) is 1. The Morgan fingerprint density at radius 3 is 2.48 bits per heavy atom. The zero-order valence-corrected chi connectivity index (χ0v) is 19.9. The third-order valence-electron chi connectivity index (χ3n) is 3.95. The van der Waals surface area contributed by atoms with Gasteiger partial charge in [-0.1, -0.05) is 39.7 Å². The molecule has 3 aromatic rings. The van der Waals surface area contributed by atoms with Crippen molar-refractivity contribution >= 4 is 67.2 Å². The summed E-state index contributed by atoms with van der Waals surface area (Å²) >= 11 is 12.8. The average Bonchev–Trinajstić information content (AvgIpc) is 2.75. The molecule has 0 aromatic heterocycles. The number of nitrogens with one attached hydrogen (secondary N) is 2. The number of nitrogens with zero attached hydrogens (tertiary/aromatic N) is 1. The van der Waals surface area contributed by atoms with Gasteiger partial charge in [-0.15, -0.1) is 0 Å². The van der Waals surface area contributed by atoms with Gasteiger partial charge in [-0.3, -0.25) is 9.59 Å². The van der Waals surface area contributed by atoms with E-state index in [1.54, 1.807) is 66.7 Å². The summed E-state index contributed by atoms with van der Waals surface area (Å²) in [5, 5.41) is 7.11. The topological polar surface area (TPSA) is 79.8 Å². The average molecular weight is 566 g/mol. The first-order valence-corrected chi connectivity index (χ1v) is 10.9. The van der Waals surface area contributed by atoms with Crippen molar-refractivity contribution in [3.05, 3.63) is 91.8 Å². The molecule has 0 aliphatic carbocycles. The summed E-state index contributed by atoms with van der Waals surface area (Å²) < 4.78 is 7.09. The molecule has 0 heterocycles. The molecule has 0 fully saturated rings. The van der Waals surface area contributed by atoms with Crippen LogP contribution in [0.25, 0.3) is 0 Å². The first-order chi connectivity index (χ1) is 14.9. The fourth-order valence-corrected chi connectivity index (χ4v) is 3.40. The lowest BCUT2D eigenvalue weighted by Gasteiger charge is -2.10. The van der Waals surface area contributed by atoms with Crippen LogP contribution in [0.4, 0.5) is 5.69 Å². The molecule has 0 aliphatic heterocycles. The second kappa shape index (κ2) is 11.1. The van der Waals surface area contributed by atoms with Gasteiger partial charge in [0.05, 0.1) is 21.4 Å². The van der Waals surface area contributed by atoms with Gasteiger partial charge in [0, 0.05) is 10.0 Å². The second-order valence-corrected chi connectivity index (χ2v) is 8.39. The molecule has 3 aromatic carbocycles. The Morgan fingerprint density at radius 2 is 1.77 bits per heavy atom. The SMILES string of the molecule is O=C(COc1ccc(/C=N/NC(=O)c2ccc(Br)cc2)cc1Br)Nc1ccccc1Cl. The van der Waals surface area contributed by atoms with Crippen LogP contribution in [0, 0.1) is 0 Å². The van der Waals surface area contributed by atoms with Gasteiger partial charge in [0.2, 0.25) is 0 Å². The molecule has 0 unspecified atom stereocenters. The Bertz CT molecular complexity index is 1120. The van der Waals surface area contributed by atoms with Crippen molar-refractivity contribution in [2.75, 3.05) is 11.9 Å². The molecule has 3 rings (SSSR count). The van der Waals surface area contributed by atoms with Crippen LogP contribution < -0.4 is 15.5 Å². The first kappa shape index (κ1) is 23.0. The number of anilines is 1. The van der Waals surface area contributed by atoms with E-state index in [0.29, 0.717) is 26.5 Å². The summed E-state index contributed by atoms with van der Waals surface area (Å²) in [4.78, 5) is 24.1. The zero-order chi connectivity index (χ0) is 22.2. The minimum absolute atomic E-state index is 0.180. The Labute approximate surface area is 200 Å². The first-order valence-electron chi connectivity index (χ1n) is 8.98. The summed E-state index contributed by atoms with van der Waals surface area (Å²) in [6.07, 6.45) is 1.51. The van der Waals surface area contributed by atoms with E-state index in [1.807, 2.05) is 0 Å². The Hall–Kier alpha value is -2.68. The van der Waals surface area contributed by atoms with Gasteiger partial charge < -0.3 is 10.1 Å². The lowest BCUT2D eigenvalue weighted by Crippen LogP contribution is -2.20. The highest BCUT2D eigenvalue weighted by Gasteiger charge is 2.09. The van der Waals surface area contributed by atoms with Crippen LogP contribution in [-0.2, 0) is 4.79 Å². The van der Waals surface area contributed by atoms with Crippen molar-refractivity contribution in [1.29, 1.82) is 0 Å². The summed E-state index contributed by atoms with van der Waals surface area (Å²) in [5.41, 5.74) is 4.23. The molecule has 9 heteroatoms. The highest BCUT2D eigenvalue weighted by atomic mass is 79.9. The van der Waals surface area contributed by atoms with Crippen LogP contribution in [0.1, 0.15) is 15.9 Å². The van der Waals surface area contributed by atoms with Crippen molar-refractivity contribution in [2.24, 2.45) is 5.10 Å². The smallest absolute Gasteiger partial charge is 0.271 e. The third kappa shape index (κ3) is 6.92. The summed E-state index contributed by atoms with van der Waals surface area (Å²) in [5.74, 6) is -0.154. The van der Waals surface area contributed by atoms with Gasteiger partial charge in [0.25, 0.3) is 11.8 Å². The molecular formula is C22H16Br2ClN3O3. The van der Waals surface area contributed by atoms with Gasteiger partial charge in [-0.05, 0) is 76.1 Å². The number of rotatable bonds is 7. The standard InChI is InChI=1S/C22H16Br2ClN3O3/c23-16-8-6-15(7-9-16)22(30)28-26-12-14-5-10-20(17(24)11-14)31-13-21(29)27-19-4-2-1-3-18(19)25/h1-12H,13H2,(H,27,29)(H,28,30)/b26-12+. The minimum Gasteiger partial charge on any atom is -0.483 e. The van der Waals surface area contributed by atoms with Crippen LogP contribution >= 0.6 is 43.5 Å². The fraction of sp³-hybridized carbons (Fsp3) is 0.0455. The number of hydrogen-bond acceptors (Lipinski definition) is 4. The van der Waals surface area contributed by atoms with Crippen LogP contribution in [0.5, 0.6) is 5.75 Å². The van der Waals surface area contributed by atoms with Crippen molar-refractivity contribution in [3.63, 3.8) is 0 Å². The number of carbonyl (C=O) groups excluding carboxylic acids is 2. The summed E-state index contributed by atoms with van der Waals surface area (Å²) in [7, 11) is 0. The van der Waals surface area contributed by atoms with E-state index < -0.39 is 0 Å². The molecule has 0 saturated carbocycles. The highest BCUT2D eigenvalue weighted by Crippen LogP contribution is 2.26. The number of benzene rings is 3. The van der Waals surface area contributed by atoms with Gasteiger partial charge in [0.1, 0.15) is 5.75 Å². The third-order valence-corrected chi connectivity index (χ3v) is 5.43. The molecule has 0 aliphatic rings. The van der Waals surface area contributed by atoms with Gasteiger partial charge in [-0.25, -0.2) is 5.43 Å². The number of amides is 2. The summed E-state index contributed by atoms with van der Waals surface area (Å²) in [6.45, 7) is -0.180. The fourth-order valence-electron chi connectivity index (χ4n) is 2.44. The van der Waals surface area contributed by atoms with E-state index in [4.69, 9.17) is 16.3 Å². The number of hydrogen-bond donors (Lipinski definition) is 2. The molecule has 2 amide bonds. The van der Waals surface area contributed by atoms with Gasteiger partial charge in [-0.2, -0.15) is 5.10 Å². The summed E-state index contributed by atoms with van der Waals surface area (Å²) in [6, 6.07) is 19.1. The van der Waals surface area contributed by atoms with E-state index in [0.717, 1.165) is 10.0 Å². The Kier molecular flexibility index (Phi) is 8.22. The number of carbonyl (C=O) groups is 2. The van der Waals surface area contributed by atoms with Gasteiger partial charge in [0.15, 0.2) is 6.61 Å². The number of para-hydroxylation sites is 1. The molecule has 31 heavy (non-hydrogen) atoms. The maximum Gasteiger partial charge on any atom is 0.271 e. The second-order valence-electron chi connectivity index (χ2n) is 6.21. The molecule has 0 spiro atoms. The van der Waals surface area contributed by atoms with Crippen LogP contribution in [0.3, 0.4) is 0 Å². The molecule has 0 radical (unpaired) electrons. The normalized spacial score (nSPS) is 10.7. The van der Waals surface area contributed by atoms with Crippen LogP contribution in [0.2, 0.25) is 5.02 Å². The quantitative estimate of drug-likeness (QED) is 0.287. The zero-order valence-electron chi connectivity index (χ0n) is 15.9. The Morgan fingerprint density at radius 1 is 1.03 bits per heavy atom. The lowest BCUT2D eigenvalue weighted by atomic mass is 10.2. The predicted octanol–water partition coefficient (Wildman–Crippen LogP) is 5.65. The van der Waals surface area contributed by atoms with Crippen molar-refractivity contribution in [3.8, 4) is 5.75 Å². The van der Waals surface area contributed by atoms with E-state index in [2.05, 4.69) is 47.7 Å². The predicted molar refractivity (Wildman–Crippen MR) is 129 cm³/mol. The minimum atomic E-state index is -0.332. The highest BCUT2D eigenvalue weighted by molar-refractivity contribution is 9.10. The van der Waals surface area contributed by atoms with Crippen molar-refractivity contribution in [2.45, 2.75) is 0 Å². The van der Waals surface area contributed by atoms with Crippen molar-refractivity contribution in [1.82, 2.24) is 5.43 Å². The molecule has 0 atom stereocenters. The van der Waals surface area contributed by atoms with E-state index in [1.165, 1.54) is 6.21 Å². The molecule has 6 nitrogen and oxygen atoms in total. The number of halogens is 3. The van der Waals surface area contributed by atoms with Crippen LogP contribution in [-0.4, -0.2) is 24.6 Å². The molecule has 0 bridgehead atoms. The lowest BCUT2D eigenvalue weighted by molar-refractivity contribution is -0.118. The Balaban J connectivity index is 1.52. The van der Waals surface area contributed by atoms with Crippen LogP contribution in [0.15, 0.2) is 80.8 Å². The maximum atomic E-state index is 12.1. The monoisotopic (exact) mass is 563 g/mol. The molecular weight excluding hydrogens is 550 g/mol. The maximum absolute atomic E-state index is 12.1.